The second kappa shape index (κ2) is 8.90. The van der Waals surface area contributed by atoms with Gasteiger partial charge >= 0.3 is 0 Å². The van der Waals surface area contributed by atoms with E-state index in [2.05, 4.69) is 24.1 Å². The molecule has 1 rings (SSSR count). The van der Waals surface area contributed by atoms with Crippen molar-refractivity contribution in [3.8, 4) is 0 Å². The van der Waals surface area contributed by atoms with Crippen molar-refractivity contribution in [2.45, 2.75) is 26.8 Å². The Morgan fingerprint density at radius 2 is 2.00 bits per heavy atom. The third-order valence-corrected chi connectivity index (χ3v) is 3.64. The standard InChI is InChI=1S/C16H26ClN3O/c1-5-9-20(12-16(21)19(3)4)14-8-7-13(11-18-6-2)15(17)10-14/h7-8,10,18H,5-6,9,11-12H2,1-4H3. The van der Waals surface area contributed by atoms with Crippen LogP contribution in [0.3, 0.4) is 0 Å². The van der Waals surface area contributed by atoms with Gasteiger partial charge in [0.2, 0.25) is 5.91 Å². The monoisotopic (exact) mass is 311 g/mol. The van der Waals surface area contributed by atoms with Gasteiger partial charge in [-0.3, -0.25) is 4.79 Å². The average molecular weight is 312 g/mol. The van der Waals surface area contributed by atoms with Crippen LogP contribution in [-0.4, -0.2) is 44.5 Å². The van der Waals surface area contributed by atoms with Gasteiger partial charge < -0.3 is 15.1 Å². The normalized spacial score (nSPS) is 10.5. The predicted molar refractivity (Wildman–Crippen MR) is 90.0 cm³/mol. The van der Waals surface area contributed by atoms with E-state index in [-0.39, 0.29) is 5.91 Å². The van der Waals surface area contributed by atoms with E-state index >= 15 is 0 Å². The molecule has 118 valence electrons. The van der Waals surface area contributed by atoms with Crippen molar-refractivity contribution in [1.29, 1.82) is 0 Å². The smallest absolute Gasteiger partial charge is 0.241 e. The number of rotatable bonds is 8. The van der Waals surface area contributed by atoms with Crippen molar-refractivity contribution < 1.29 is 4.79 Å². The summed E-state index contributed by atoms with van der Waals surface area (Å²) in [4.78, 5) is 15.6. The molecule has 1 amide bonds. The van der Waals surface area contributed by atoms with Crippen LogP contribution in [0.25, 0.3) is 0 Å². The summed E-state index contributed by atoms with van der Waals surface area (Å²) in [5.41, 5.74) is 2.08. The lowest BCUT2D eigenvalue weighted by Gasteiger charge is -2.26. The summed E-state index contributed by atoms with van der Waals surface area (Å²) in [7, 11) is 3.55. The van der Waals surface area contributed by atoms with Crippen LogP contribution in [-0.2, 0) is 11.3 Å². The van der Waals surface area contributed by atoms with Crippen LogP contribution >= 0.6 is 11.6 Å². The SMILES string of the molecule is CCCN(CC(=O)N(C)C)c1ccc(CNCC)c(Cl)c1. The van der Waals surface area contributed by atoms with E-state index in [1.54, 1.807) is 19.0 Å². The largest absolute Gasteiger partial charge is 0.362 e. The molecule has 0 bridgehead atoms. The Kier molecular flexibility index (Phi) is 7.54. The first-order chi connectivity index (χ1) is 9.99. The third-order valence-electron chi connectivity index (χ3n) is 3.29. The lowest BCUT2D eigenvalue weighted by atomic mass is 10.2. The Balaban J connectivity index is 2.87. The highest BCUT2D eigenvalue weighted by atomic mass is 35.5. The molecule has 0 saturated heterocycles. The zero-order chi connectivity index (χ0) is 15.8. The number of nitrogens with one attached hydrogen (secondary N) is 1. The fourth-order valence-corrected chi connectivity index (χ4v) is 2.25. The van der Waals surface area contributed by atoms with Crippen molar-refractivity contribution in [1.82, 2.24) is 10.2 Å². The first kappa shape index (κ1) is 17.8. The van der Waals surface area contributed by atoms with Gasteiger partial charge in [-0.25, -0.2) is 0 Å². The van der Waals surface area contributed by atoms with Crippen LogP contribution < -0.4 is 10.2 Å². The number of carbonyl (C=O) groups excluding carboxylic acids is 1. The van der Waals surface area contributed by atoms with Crippen LogP contribution in [0, 0.1) is 0 Å². The molecule has 4 nitrogen and oxygen atoms in total. The van der Waals surface area contributed by atoms with Crippen molar-refractivity contribution in [3.05, 3.63) is 28.8 Å². The summed E-state index contributed by atoms with van der Waals surface area (Å²) in [6, 6.07) is 6.02. The van der Waals surface area contributed by atoms with Crippen LogP contribution in [0.1, 0.15) is 25.8 Å². The molecule has 0 fully saturated rings. The Labute approximate surface area is 133 Å². The lowest BCUT2D eigenvalue weighted by Crippen LogP contribution is -2.37. The second-order valence-electron chi connectivity index (χ2n) is 5.27. The Bertz CT molecular complexity index is 463. The average Bonchev–Trinajstić information content (AvgIpc) is 2.45. The summed E-state index contributed by atoms with van der Waals surface area (Å²) < 4.78 is 0. The zero-order valence-corrected chi connectivity index (χ0v) is 14.2. The number of likely N-dealkylation sites (N-methyl/N-ethyl adjacent to an activating group) is 1. The van der Waals surface area contributed by atoms with Gasteiger partial charge in [0.05, 0.1) is 6.54 Å². The van der Waals surface area contributed by atoms with Crippen molar-refractivity contribution in [2.75, 3.05) is 38.6 Å². The highest BCUT2D eigenvalue weighted by molar-refractivity contribution is 6.31. The highest BCUT2D eigenvalue weighted by Gasteiger charge is 2.13. The van der Waals surface area contributed by atoms with Gasteiger partial charge in [0.15, 0.2) is 0 Å². The lowest BCUT2D eigenvalue weighted by molar-refractivity contribution is -0.127. The minimum atomic E-state index is 0.0938. The number of nitrogens with zero attached hydrogens (tertiary/aromatic N) is 2. The van der Waals surface area contributed by atoms with Gasteiger partial charge in [-0.15, -0.1) is 0 Å². The van der Waals surface area contributed by atoms with Crippen LogP contribution in [0.4, 0.5) is 5.69 Å². The summed E-state index contributed by atoms with van der Waals surface area (Å²) in [5.74, 6) is 0.0938. The van der Waals surface area contributed by atoms with Gasteiger partial charge in [-0.1, -0.05) is 31.5 Å². The summed E-state index contributed by atoms with van der Waals surface area (Å²) in [5, 5.41) is 4.01. The van der Waals surface area contributed by atoms with Gasteiger partial charge in [0.1, 0.15) is 0 Å². The van der Waals surface area contributed by atoms with Crippen LogP contribution in [0.5, 0.6) is 0 Å². The van der Waals surface area contributed by atoms with E-state index in [4.69, 9.17) is 11.6 Å². The van der Waals surface area contributed by atoms with E-state index in [0.29, 0.717) is 6.54 Å². The Morgan fingerprint density at radius 3 is 2.52 bits per heavy atom. The number of benzene rings is 1. The topological polar surface area (TPSA) is 35.6 Å². The number of anilines is 1. The molecule has 0 saturated carbocycles. The van der Waals surface area contributed by atoms with Gasteiger partial charge in [0.25, 0.3) is 0 Å². The van der Waals surface area contributed by atoms with Crippen molar-refractivity contribution >= 4 is 23.2 Å². The number of halogens is 1. The molecule has 0 aliphatic carbocycles. The fraction of sp³-hybridized carbons (Fsp3) is 0.562. The number of hydrogen-bond acceptors (Lipinski definition) is 3. The van der Waals surface area contributed by atoms with Gasteiger partial charge in [0, 0.05) is 37.9 Å². The first-order valence-electron chi connectivity index (χ1n) is 7.43. The minimum Gasteiger partial charge on any atom is -0.362 e. The van der Waals surface area contributed by atoms with E-state index in [1.165, 1.54) is 0 Å². The quantitative estimate of drug-likeness (QED) is 0.802. The second-order valence-corrected chi connectivity index (χ2v) is 5.67. The maximum absolute atomic E-state index is 11.9. The first-order valence-corrected chi connectivity index (χ1v) is 7.81. The Morgan fingerprint density at radius 1 is 1.29 bits per heavy atom. The molecule has 21 heavy (non-hydrogen) atoms. The van der Waals surface area contributed by atoms with E-state index < -0.39 is 0 Å². The molecule has 0 aromatic heterocycles. The fourth-order valence-electron chi connectivity index (χ4n) is 2.01. The molecule has 0 heterocycles. The summed E-state index contributed by atoms with van der Waals surface area (Å²) in [6.07, 6.45) is 0.984. The molecule has 0 aliphatic rings. The van der Waals surface area contributed by atoms with Gasteiger partial charge in [-0.05, 0) is 30.7 Å². The molecule has 1 N–H and O–H groups in total. The number of hydrogen-bond donors (Lipinski definition) is 1. The van der Waals surface area contributed by atoms with Gasteiger partial charge in [-0.2, -0.15) is 0 Å². The third kappa shape index (κ3) is 5.56. The molecule has 1 aromatic rings. The molecular weight excluding hydrogens is 286 g/mol. The molecule has 0 atom stereocenters. The molecule has 5 heteroatoms. The molecular formula is C16H26ClN3O. The maximum Gasteiger partial charge on any atom is 0.241 e. The molecule has 0 radical (unpaired) electrons. The van der Waals surface area contributed by atoms with Crippen molar-refractivity contribution in [3.63, 3.8) is 0 Å². The zero-order valence-electron chi connectivity index (χ0n) is 13.4. The van der Waals surface area contributed by atoms with E-state index in [0.717, 1.165) is 42.3 Å². The van der Waals surface area contributed by atoms with Crippen LogP contribution in [0.2, 0.25) is 5.02 Å². The molecule has 0 unspecified atom stereocenters. The Hall–Kier alpha value is -1.26. The number of carbonyl (C=O) groups is 1. The van der Waals surface area contributed by atoms with E-state index in [1.807, 2.05) is 18.2 Å². The number of amides is 1. The highest BCUT2D eigenvalue weighted by Crippen LogP contribution is 2.24. The summed E-state index contributed by atoms with van der Waals surface area (Å²) in [6.45, 7) is 7.07. The predicted octanol–water partition coefficient (Wildman–Crippen LogP) is 2.75. The maximum atomic E-state index is 11.9. The molecule has 1 aromatic carbocycles. The summed E-state index contributed by atoms with van der Waals surface area (Å²) >= 11 is 6.35. The van der Waals surface area contributed by atoms with Crippen LogP contribution in [0.15, 0.2) is 18.2 Å². The molecule has 0 aliphatic heterocycles. The van der Waals surface area contributed by atoms with Crippen molar-refractivity contribution in [2.24, 2.45) is 0 Å². The minimum absolute atomic E-state index is 0.0938. The molecule has 0 spiro atoms. The van der Waals surface area contributed by atoms with E-state index in [9.17, 15) is 4.79 Å².